The maximum Gasteiger partial charge on any atom is 0.163 e. The molecule has 0 fully saturated rings. The lowest BCUT2D eigenvalue weighted by atomic mass is 10.2. The van der Waals surface area contributed by atoms with Crippen LogP contribution in [-0.2, 0) is 0 Å². The fourth-order valence-corrected chi connectivity index (χ4v) is 0.223. The predicted octanol–water partition coefficient (Wildman–Crippen LogP) is 0.0665. The number of hydrogen-bond acceptors (Lipinski definition) is 2. The Labute approximate surface area is 43.1 Å². The van der Waals surface area contributed by atoms with Crippen molar-refractivity contribution in [2.45, 2.75) is 19.1 Å². The molecule has 0 heterocycles. The smallest absolute Gasteiger partial charge is 0.163 e. The molecule has 0 bridgehead atoms. The highest BCUT2D eigenvalue weighted by Gasteiger charge is 2.10. The topological polar surface area (TPSA) is 40.5 Å². The van der Waals surface area contributed by atoms with Crippen LogP contribution in [0.15, 0.2) is 6.08 Å². The van der Waals surface area contributed by atoms with Gasteiger partial charge in [-0.25, -0.2) is 0 Å². The fourth-order valence-electron chi connectivity index (χ4n) is 0.223. The second-order valence-electron chi connectivity index (χ2n) is 1.66. The average molecular weight is 101 g/mol. The first-order valence-electron chi connectivity index (χ1n) is 2.04. The third-order valence-corrected chi connectivity index (χ3v) is 0.505. The van der Waals surface area contributed by atoms with E-state index in [1.165, 1.54) is 13.0 Å². The summed E-state index contributed by atoms with van der Waals surface area (Å²) in [5.74, 6) is -1.63. The van der Waals surface area contributed by atoms with Crippen LogP contribution in [-0.4, -0.2) is 16.0 Å². The minimum absolute atomic E-state index is 0.104. The van der Waals surface area contributed by atoms with E-state index in [1.54, 1.807) is 0 Å². The molecular weight excluding hydrogens is 92.1 g/mol. The van der Waals surface area contributed by atoms with E-state index in [1.807, 2.05) is 0 Å². The van der Waals surface area contributed by atoms with Crippen molar-refractivity contribution >= 4 is 0 Å². The third kappa shape index (κ3) is 5.66. The molecule has 0 aliphatic heterocycles. The standard InChI is InChI=1S/C5H9O2/c1-3-4-5(2,6)7/h1,3,6-7H,4H2,2H3. The van der Waals surface area contributed by atoms with Crippen LogP contribution in [0.25, 0.3) is 0 Å². The van der Waals surface area contributed by atoms with Gasteiger partial charge in [-0.3, -0.25) is 0 Å². The van der Waals surface area contributed by atoms with Crippen LogP contribution in [0.3, 0.4) is 0 Å². The van der Waals surface area contributed by atoms with Gasteiger partial charge >= 0.3 is 0 Å². The first-order chi connectivity index (χ1) is 3.06. The number of rotatable bonds is 2. The van der Waals surface area contributed by atoms with Gasteiger partial charge in [-0.1, -0.05) is 12.7 Å². The molecule has 2 N–H and O–H groups in total. The summed E-state index contributed by atoms with van der Waals surface area (Å²) in [5, 5.41) is 16.9. The van der Waals surface area contributed by atoms with E-state index >= 15 is 0 Å². The first-order valence-corrected chi connectivity index (χ1v) is 2.04. The molecule has 0 rings (SSSR count). The van der Waals surface area contributed by atoms with E-state index in [0.717, 1.165) is 0 Å². The lowest BCUT2D eigenvalue weighted by Crippen LogP contribution is -2.20. The predicted molar refractivity (Wildman–Crippen MR) is 26.3 cm³/mol. The Hall–Kier alpha value is -0.340. The van der Waals surface area contributed by atoms with Crippen molar-refractivity contribution in [3.05, 3.63) is 12.7 Å². The van der Waals surface area contributed by atoms with Gasteiger partial charge in [0.1, 0.15) is 0 Å². The maximum atomic E-state index is 8.46. The zero-order valence-corrected chi connectivity index (χ0v) is 4.26. The molecule has 0 unspecified atom stereocenters. The van der Waals surface area contributed by atoms with Gasteiger partial charge < -0.3 is 10.2 Å². The summed E-state index contributed by atoms with van der Waals surface area (Å²) >= 11 is 0. The Morgan fingerprint density at radius 1 is 1.71 bits per heavy atom. The minimum atomic E-state index is -1.63. The second-order valence-corrected chi connectivity index (χ2v) is 1.66. The summed E-state index contributed by atoms with van der Waals surface area (Å²) in [7, 11) is 0. The Bertz CT molecular complexity index is 61.0. The second kappa shape index (κ2) is 2.09. The van der Waals surface area contributed by atoms with E-state index in [2.05, 4.69) is 0 Å². The van der Waals surface area contributed by atoms with Gasteiger partial charge in [0.15, 0.2) is 5.79 Å². The lowest BCUT2D eigenvalue weighted by molar-refractivity contribution is -0.140. The summed E-state index contributed by atoms with van der Waals surface area (Å²) < 4.78 is 0. The van der Waals surface area contributed by atoms with E-state index in [4.69, 9.17) is 16.8 Å². The molecule has 0 spiro atoms. The van der Waals surface area contributed by atoms with Gasteiger partial charge in [-0.05, 0) is 6.92 Å². The maximum absolute atomic E-state index is 8.46. The normalized spacial score (nSPS) is 11.3. The molecule has 0 aromatic carbocycles. The van der Waals surface area contributed by atoms with E-state index < -0.39 is 5.79 Å². The van der Waals surface area contributed by atoms with Crippen molar-refractivity contribution in [1.82, 2.24) is 0 Å². The number of aliphatic hydroxyl groups is 2. The molecule has 0 aromatic heterocycles. The van der Waals surface area contributed by atoms with Crippen molar-refractivity contribution in [2.24, 2.45) is 0 Å². The van der Waals surface area contributed by atoms with E-state index in [9.17, 15) is 0 Å². The van der Waals surface area contributed by atoms with Crippen LogP contribution < -0.4 is 0 Å². The van der Waals surface area contributed by atoms with Crippen molar-refractivity contribution in [1.29, 1.82) is 0 Å². The van der Waals surface area contributed by atoms with Crippen molar-refractivity contribution in [2.75, 3.05) is 0 Å². The highest BCUT2D eigenvalue weighted by Crippen LogP contribution is 2.01. The van der Waals surface area contributed by atoms with Gasteiger partial charge in [-0.15, -0.1) is 0 Å². The summed E-state index contributed by atoms with van der Waals surface area (Å²) in [4.78, 5) is 0. The van der Waals surface area contributed by atoms with Crippen LogP contribution in [0, 0.1) is 6.58 Å². The summed E-state index contributed by atoms with van der Waals surface area (Å²) in [6, 6.07) is 0. The lowest BCUT2D eigenvalue weighted by Gasteiger charge is -2.10. The summed E-state index contributed by atoms with van der Waals surface area (Å²) in [5.41, 5.74) is 0. The van der Waals surface area contributed by atoms with Gasteiger partial charge in [-0.2, -0.15) is 0 Å². The van der Waals surface area contributed by atoms with Crippen molar-refractivity contribution in [3.63, 3.8) is 0 Å². The van der Waals surface area contributed by atoms with Crippen LogP contribution in [0.5, 0.6) is 0 Å². The monoisotopic (exact) mass is 101 g/mol. The van der Waals surface area contributed by atoms with Crippen LogP contribution in [0.1, 0.15) is 13.3 Å². The van der Waals surface area contributed by atoms with Gasteiger partial charge in [0.2, 0.25) is 0 Å². The molecule has 7 heavy (non-hydrogen) atoms. The molecular formula is C5H9O2. The molecule has 41 valence electrons. The Balaban J connectivity index is 3.34. The molecule has 2 nitrogen and oxygen atoms in total. The summed E-state index contributed by atoms with van der Waals surface area (Å²) in [6.07, 6.45) is 1.31. The van der Waals surface area contributed by atoms with Crippen LogP contribution in [0.4, 0.5) is 0 Å². The Morgan fingerprint density at radius 3 is 2.14 bits per heavy atom. The molecule has 2 heteroatoms. The molecule has 0 aromatic rings. The third-order valence-electron chi connectivity index (χ3n) is 0.505. The first kappa shape index (κ1) is 6.66. The quantitative estimate of drug-likeness (QED) is 0.483. The van der Waals surface area contributed by atoms with E-state index in [0.29, 0.717) is 0 Å². The van der Waals surface area contributed by atoms with Crippen molar-refractivity contribution in [3.8, 4) is 0 Å². The molecule has 0 amide bonds. The van der Waals surface area contributed by atoms with Gasteiger partial charge in [0, 0.05) is 6.42 Å². The molecule has 0 aliphatic carbocycles. The zero-order valence-electron chi connectivity index (χ0n) is 4.26. The average Bonchev–Trinajstić information content (AvgIpc) is 1.30. The molecule has 0 atom stereocenters. The Morgan fingerprint density at radius 2 is 2.14 bits per heavy atom. The van der Waals surface area contributed by atoms with Crippen LogP contribution in [0.2, 0.25) is 0 Å². The SMILES string of the molecule is [CH]=CCC(C)(O)O. The zero-order chi connectivity index (χ0) is 5.91. The van der Waals surface area contributed by atoms with E-state index in [-0.39, 0.29) is 6.42 Å². The number of hydrogen-bond donors (Lipinski definition) is 2. The summed E-state index contributed by atoms with van der Waals surface area (Å²) in [6.45, 7) is 6.14. The molecule has 0 aliphatic rings. The molecule has 0 saturated heterocycles. The van der Waals surface area contributed by atoms with Gasteiger partial charge in [0.25, 0.3) is 0 Å². The molecule has 1 radical (unpaired) electrons. The van der Waals surface area contributed by atoms with Crippen LogP contribution >= 0.6 is 0 Å². The Kier molecular flexibility index (Phi) is 1.99. The highest BCUT2D eigenvalue weighted by molar-refractivity contribution is 4.70. The largest absolute Gasteiger partial charge is 0.366 e. The van der Waals surface area contributed by atoms with Gasteiger partial charge in [0.05, 0.1) is 0 Å². The molecule has 0 saturated carbocycles. The minimum Gasteiger partial charge on any atom is -0.366 e. The van der Waals surface area contributed by atoms with Crippen molar-refractivity contribution < 1.29 is 10.2 Å². The fraction of sp³-hybridized carbons (Fsp3) is 0.600. The highest BCUT2D eigenvalue weighted by atomic mass is 16.5.